The Morgan fingerprint density at radius 3 is 2.33 bits per heavy atom. The molecule has 6 heteroatoms. The highest BCUT2D eigenvalue weighted by Crippen LogP contribution is 2.17. The molecule has 0 aromatic heterocycles. The quantitative estimate of drug-likeness (QED) is 0.847. The molecule has 0 aliphatic carbocycles. The SMILES string of the molecule is CC(CCc1ccc(O)cc1)NC(=O)N1CCN(c2ccc(F)cc2)CC1. The van der Waals surface area contributed by atoms with E-state index in [-0.39, 0.29) is 23.6 Å². The van der Waals surface area contributed by atoms with Crippen molar-refractivity contribution < 1.29 is 14.3 Å². The van der Waals surface area contributed by atoms with Crippen molar-refractivity contribution in [1.82, 2.24) is 10.2 Å². The van der Waals surface area contributed by atoms with E-state index >= 15 is 0 Å². The molecule has 1 unspecified atom stereocenters. The molecule has 0 radical (unpaired) electrons. The first-order valence-electron chi connectivity index (χ1n) is 9.35. The number of nitrogens with zero attached hydrogens (tertiary/aromatic N) is 2. The number of phenolic OH excluding ortho intramolecular Hbond substituents is 1. The van der Waals surface area contributed by atoms with Crippen molar-refractivity contribution in [2.45, 2.75) is 25.8 Å². The fourth-order valence-electron chi connectivity index (χ4n) is 3.24. The maximum Gasteiger partial charge on any atom is 0.317 e. The van der Waals surface area contributed by atoms with Gasteiger partial charge in [-0.25, -0.2) is 9.18 Å². The van der Waals surface area contributed by atoms with E-state index < -0.39 is 0 Å². The van der Waals surface area contributed by atoms with Crippen LogP contribution in [0.2, 0.25) is 0 Å². The average Bonchev–Trinajstić information content (AvgIpc) is 2.68. The molecule has 2 aromatic rings. The topological polar surface area (TPSA) is 55.8 Å². The molecule has 0 saturated carbocycles. The molecular weight excluding hydrogens is 345 g/mol. The van der Waals surface area contributed by atoms with Gasteiger partial charge in [0.1, 0.15) is 11.6 Å². The molecule has 2 amide bonds. The number of benzene rings is 2. The summed E-state index contributed by atoms with van der Waals surface area (Å²) in [7, 11) is 0. The van der Waals surface area contributed by atoms with Gasteiger partial charge >= 0.3 is 6.03 Å². The number of aryl methyl sites for hydroxylation is 1. The normalized spacial score (nSPS) is 15.5. The highest BCUT2D eigenvalue weighted by Gasteiger charge is 2.22. The van der Waals surface area contributed by atoms with Crippen LogP contribution in [0.1, 0.15) is 18.9 Å². The zero-order valence-corrected chi connectivity index (χ0v) is 15.6. The molecule has 3 rings (SSSR count). The van der Waals surface area contributed by atoms with E-state index in [0.29, 0.717) is 13.1 Å². The van der Waals surface area contributed by atoms with E-state index in [1.165, 1.54) is 12.1 Å². The first-order valence-corrected chi connectivity index (χ1v) is 9.35. The van der Waals surface area contributed by atoms with Gasteiger partial charge in [0.2, 0.25) is 0 Å². The summed E-state index contributed by atoms with van der Waals surface area (Å²) < 4.78 is 13.0. The van der Waals surface area contributed by atoms with Crippen molar-refractivity contribution in [3.63, 3.8) is 0 Å². The van der Waals surface area contributed by atoms with Crippen LogP contribution in [-0.4, -0.2) is 48.3 Å². The predicted molar refractivity (Wildman–Crippen MR) is 105 cm³/mol. The van der Waals surface area contributed by atoms with E-state index in [9.17, 15) is 14.3 Å². The number of carbonyl (C=O) groups is 1. The molecule has 1 atom stereocenters. The van der Waals surface area contributed by atoms with Crippen molar-refractivity contribution in [3.05, 3.63) is 59.9 Å². The van der Waals surface area contributed by atoms with Gasteiger partial charge in [-0.2, -0.15) is 0 Å². The zero-order valence-electron chi connectivity index (χ0n) is 15.6. The third-order valence-corrected chi connectivity index (χ3v) is 4.93. The minimum absolute atomic E-state index is 0.0352. The molecule has 27 heavy (non-hydrogen) atoms. The van der Waals surface area contributed by atoms with Crippen molar-refractivity contribution in [2.75, 3.05) is 31.1 Å². The van der Waals surface area contributed by atoms with Crippen LogP contribution in [-0.2, 0) is 6.42 Å². The van der Waals surface area contributed by atoms with E-state index in [4.69, 9.17) is 0 Å². The van der Waals surface area contributed by atoms with Gasteiger partial charge in [-0.05, 0) is 61.7 Å². The zero-order chi connectivity index (χ0) is 19.2. The van der Waals surface area contributed by atoms with E-state index in [2.05, 4.69) is 10.2 Å². The summed E-state index contributed by atoms with van der Waals surface area (Å²) in [6.07, 6.45) is 1.69. The molecule has 1 fully saturated rings. The molecule has 1 saturated heterocycles. The van der Waals surface area contributed by atoms with Crippen LogP contribution >= 0.6 is 0 Å². The Bertz CT molecular complexity index is 741. The second-order valence-corrected chi connectivity index (χ2v) is 7.01. The maximum absolute atomic E-state index is 13.0. The molecule has 2 aromatic carbocycles. The molecule has 1 aliphatic heterocycles. The number of anilines is 1. The van der Waals surface area contributed by atoms with Gasteiger partial charge in [0.25, 0.3) is 0 Å². The number of halogens is 1. The number of amides is 2. The molecule has 5 nitrogen and oxygen atoms in total. The lowest BCUT2D eigenvalue weighted by molar-refractivity contribution is 0.190. The molecule has 2 N–H and O–H groups in total. The molecule has 0 spiro atoms. The van der Waals surface area contributed by atoms with Crippen molar-refractivity contribution in [2.24, 2.45) is 0 Å². The Kier molecular flexibility index (Phi) is 6.16. The van der Waals surface area contributed by atoms with Crippen LogP contribution in [0.4, 0.5) is 14.9 Å². The van der Waals surface area contributed by atoms with Gasteiger partial charge in [0, 0.05) is 37.9 Å². The van der Waals surface area contributed by atoms with Gasteiger partial charge in [-0.15, -0.1) is 0 Å². The largest absolute Gasteiger partial charge is 0.508 e. The number of piperazine rings is 1. The van der Waals surface area contributed by atoms with E-state index in [1.807, 2.05) is 24.0 Å². The molecule has 1 aliphatic rings. The summed E-state index contributed by atoms with van der Waals surface area (Å²) in [4.78, 5) is 16.5. The predicted octanol–water partition coefficient (Wildman–Crippen LogP) is 3.38. The lowest BCUT2D eigenvalue weighted by atomic mass is 10.1. The molecule has 144 valence electrons. The highest BCUT2D eigenvalue weighted by molar-refractivity contribution is 5.74. The second kappa shape index (κ2) is 8.75. The third-order valence-electron chi connectivity index (χ3n) is 4.93. The number of rotatable bonds is 5. The number of carbonyl (C=O) groups excluding carboxylic acids is 1. The smallest absolute Gasteiger partial charge is 0.317 e. The fourth-order valence-corrected chi connectivity index (χ4v) is 3.24. The Balaban J connectivity index is 1.42. The number of urea groups is 1. The van der Waals surface area contributed by atoms with Gasteiger partial charge in [0.15, 0.2) is 0 Å². The number of nitrogens with one attached hydrogen (secondary N) is 1. The van der Waals surface area contributed by atoms with Crippen LogP contribution in [0, 0.1) is 5.82 Å². The summed E-state index contributed by atoms with van der Waals surface area (Å²) in [6.45, 7) is 4.77. The molecule has 1 heterocycles. The maximum atomic E-state index is 13.0. The standard InChI is InChI=1S/C21H26FN3O2/c1-16(2-3-17-4-10-20(26)11-5-17)23-21(27)25-14-12-24(13-15-25)19-8-6-18(22)7-9-19/h4-11,16,26H,2-3,12-15H2,1H3,(H,23,27). The Labute approximate surface area is 159 Å². The number of hydrogen-bond donors (Lipinski definition) is 2. The van der Waals surface area contributed by atoms with E-state index in [0.717, 1.165) is 37.2 Å². The summed E-state index contributed by atoms with van der Waals surface area (Å²) in [6, 6.07) is 13.7. The van der Waals surface area contributed by atoms with Gasteiger partial charge in [-0.1, -0.05) is 12.1 Å². The Morgan fingerprint density at radius 1 is 1.07 bits per heavy atom. The number of hydrogen-bond acceptors (Lipinski definition) is 3. The van der Waals surface area contributed by atoms with Crippen LogP contribution in [0.5, 0.6) is 5.75 Å². The Morgan fingerprint density at radius 2 is 1.70 bits per heavy atom. The van der Waals surface area contributed by atoms with Crippen molar-refractivity contribution in [1.29, 1.82) is 0 Å². The lowest BCUT2D eigenvalue weighted by Gasteiger charge is -2.36. The molecule has 0 bridgehead atoms. The average molecular weight is 371 g/mol. The van der Waals surface area contributed by atoms with Crippen LogP contribution in [0.3, 0.4) is 0 Å². The Hall–Kier alpha value is -2.76. The number of phenols is 1. The van der Waals surface area contributed by atoms with Crippen molar-refractivity contribution in [3.8, 4) is 5.75 Å². The van der Waals surface area contributed by atoms with Gasteiger partial charge in [0.05, 0.1) is 0 Å². The minimum Gasteiger partial charge on any atom is -0.508 e. The van der Waals surface area contributed by atoms with Crippen LogP contribution in [0.25, 0.3) is 0 Å². The van der Waals surface area contributed by atoms with Crippen LogP contribution in [0.15, 0.2) is 48.5 Å². The van der Waals surface area contributed by atoms with Gasteiger partial charge in [-0.3, -0.25) is 0 Å². The third kappa shape index (κ3) is 5.36. The van der Waals surface area contributed by atoms with E-state index in [1.54, 1.807) is 24.3 Å². The first kappa shape index (κ1) is 19.0. The van der Waals surface area contributed by atoms with Crippen LogP contribution < -0.4 is 10.2 Å². The number of aromatic hydroxyl groups is 1. The summed E-state index contributed by atoms with van der Waals surface area (Å²) in [5, 5.41) is 12.4. The lowest BCUT2D eigenvalue weighted by Crippen LogP contribution is -2.53. The minimum atomic E-state index is -0.238. The molecular formula is C21H26FN3O2. The van der Waals surface area contributed by atoms with Gasteiger partial charge < -0.3 is 20.2 Å². The second-order valence-electron chi connectivity index (χ2n) is 7.01. The van der Waals surface area contributed by atoms with Crippen molar-refractivity contribution >= 4 is 11.7 Å². The monoisotopic (exact) mass is 371 g/mol. The fraction of sp³-hybridized carbons (Fsp3) is 0.381. The summed E-state index contributed by atoms with van der Waals surface area (Å²) in [5.41, 5.74) is 2.13. The summed E-state index contributed by atoms with van der Waals surface area (Å²) in [5.74, 6) is 0.0259. The highest BCUT2D eigenvalue weighted by atomic mass is 19.1. The summed E-state index contributed by atoms with van der Waals surface area (Å²) >= 11 is 0. The first-order chi connectivity index (χ1) is 13.0.